The van der Waals surface area contributed by atoms with Crippen molar-refractivity contribution in [3.63, 3.8) is 0 Å². The molecule has 0 aliphatic carbocycles. The van der Waals surface area contributed by atoms with Crippen LogP contribution < -0.4 is 4.90 Å². The van der Waals surface area contributed by atoms with Gasteiger partial charge in [-0.05, 0) is 46.5 Å². The van der Waals surface area contributed by atoms with Crippen molar-refractivity contribution >= 4 is 29.9 Å². The Labute approximate surface area is 179 Å². The summed E-state index contributed by atoms with van der Waals surface area (Å²) >= 11 is 0. The van der Waals surface area contributed by atoms with Crippen molar-refractivity contribution in [1.29, 1.82) is 0 Å². The average Bonchev–Trinajstić information content (AvgIpc) is 2.82. The van der Waals surface area contributed by atoms with Crippen LogP contribution in [-0.2, 0) is 4.79 Å². The molecule has 2 heterocycles. The molecule has 0 N–H and O–H groups in total. The van der Waals surface area contributed by atoms with Crippen LogP contribution in [0, 0.1) is 10.1 Å². The van der Waals surface area contributed by atoms with Gasteiger partial charge in [-0.3, -0.25) is 10.1 Å². The second kappa shape index (κ2) is 8.59. The first kappa shape index (κ1) is 20.0. The van der Waals surface area contributed by atoms with E-state index in [4.69, 9.17) is 0 Å². The van der Waals surface area contributed by atoms with E-state index in [-0.39, 0.29) is 5.69 Å². The molecule has 1 atom stereocenters. The smallest absolute Gasteiger partial charge is 0.270 e. The summed E-state index contributed by atoms with van der Waals surface area (Å²) in [6.07, 6.45) is 8.05. The fourth-order valence-corrected chi connectivity index (χ4v) is 3.68. The largest absolute Gasteiger partial charge is 0.311 e. The van der Waals surface area contributed by atoms with Gasteiger partial charge in [-0.25, -0.2) is 4.98 Å². The molecular formula is C25H19N3O3. The molecule has 3 aromatic rings. The number of anilines is 1. The highest BCUT2D eigenvalue weighted by Crippen LogP contribution is 2.39. The van der Waals surface area contributed by atoms with Gasteiger partial charge >= 0.3 is 0 Å². The van der Waals surface area contributed by atoms with E-state index in [1.807, 2.05) is 59.5 Å². The first-order chi connectivity index (χ1) is 15.1. The third kappa shape index (κ3) is 3.91. The summed E-state index contributed by atoms with van der Waals surface area (Å²) in [6, 6.07) is 19.0. The maximum Gasteiger partial charge on any atom is 0.270 e. The number of allylic oxidation sites excluding steroid dienone is 1. The third-order valence-electron chi connectivity index (χ3n) is 5.09. The number of aromatic nitrogens is 1. The molecule has 6 nitrogen and oxygen atoms in total. The van der Waals surface area contributed by atoms with Crippen LogP contribution in [-0.4, -0.2) is 16.2 Å². The van der Waals surface area contributed by atoms with Crippen molar-refractivity contribution in [1.82, 2.24) is 4.98 Å². The second-order valence-corrected chi connectivity index (χ2v) is 6.95. The van der Waals surface area contributed by atoms with Gasteiger partial charge in [0, 0.05) is 18.3 Å². The summed E-state index contributed by atoms with van der Waals surface area (Å²) in [7, 11) is 0. The molecule has 0 spiro atoms. The Bertz CT molecular complexity index is 1220. The first-order valence-corrected chi connectivity index (χ1v) is 9.67. The Morgan fingerprint density at radius 2 is 1.90 bits per heavy atom. The number of non-ortho nitro benzene ring substituents is 1. The van der Waals surface area contributed by atoms with E-state index in [2.05, 4.69) is 11.6 Å². The third-order valence-corrected chi connectivity index (χ3v) is 5.09. The van der Waals surface area contributed by atoms with Crippen LogP contribution >= 0.6 is 0 Å². The number of aldehydes is 1. The molecule has 0 bridgehead atoms. The number of hydrogen-bond donors (Lipinski definition) is 0. The van der Waals surface area contributed by atoms with Gasteiger partial charge < -0.3 is 9.69 Å². The SMILES string of the molecule is C=CC(=Cc1cccc([N+](=O)[O-])c1)C1=Cc2ccccc2C(C=O)N1c1ccccn1. The normalized spacial score (nSPS) is 15.6. The van der Waals surface area contributed by atoms with Gasteiger partial charge in [0.1, 0.15) is 18.1 Å². The van der Waals surface area contributed by atoms with E-state index in [0.29, 0.717) is 17.0 Å². The van der Waals surface area contributed by atoms with E-state index in [1.165, 1.54) is 12.1 Å². The number of fused-ring (bicyclic) bond motifs is 1. The molecule has 0 amide bonds. The minimum absolute atomic E-state index is 0.00693. The summed E-state index contributed by atoms with van der Waals surface area (Å²) in [6.45, 7) is 3.95. The highest BCUT2D eigenvalue weighted by Gasteiger charge is 2.31. The number of carbonyl (C=O) groups excluding carboxylic acids is 1. The van der Waals surface area contributed by atoms with Gasteiger partial charge in [0.15, 0.2) is 0 Å². The minimum Gasteiger partial charge on any atom is -0.311 e. The quantitative estimate of drug-likeness (QED) is 0.237. The molecule has 152 valence electrons. The molecular weight excluding hydrogens is 390 g/mol. The molecule has 0 radical (unpaired) electrons. The number of nitro benzene ring substituents is 1. The maximum atomic E-state index is 12.2. The standard InChI is InChI=1S/C25H19N3O3/c1-2-19(14-18-8-7-10-21(15-18)28(30)31)23-16-20-9-3-4-11-22(20)24(17-29)27(23)25-12-5-6-13-26-25/h2-17,24H,1H2. The zero-order valence-electron chi connectivity index (χ0n) is 16.6. The summed E-state index contributed by atoms with van der Waals surface area (Å²) in [5.74, 6) is 0.618. The number of hydrogen-bond acceptors (Lipinski definition) is 5. The number of rotatable bonds is 6. The van der Waals surface area contributed by atoms with Gasteiger partial charge in [0.2, 0.25) is 0 Å². The summed E-state index contributed by atoms with van der Waals surface area (Å²) in [5.41, 5.74) is 3.92. The number of nitrogens with zero attached hydrogens (tertiary/aromatic N) is 3. The van der Waals surface area contributed by atoms with Crippen LogP contribution in [0.2, 0.25) is 0 Å². The van der Waals surface area contributed by atoms with Crippen molar-refractivity contribution in [2.24, 2.45) is 0 Å². The number of carbonyl (C=O) groups is 1. The van der Waals surface area contributed by atoms with Crippen LogP contribution in [0.3, 0.4) is 0 Å². The predicted octanol–water partition coefficient (Wildman–Crippen LogP) is 5.36. The van der Waals surface area contributed by atoms with Crippen molar-refractivity contribution in [2.45, 2.75) is 6.04 Å². The lowest BCUT2D eigenvalue weighted by Crippen LogP contribution is -2.33. The number of nitro groups is 1. The molecule has 0 fully saturated rings. The molecule has 1 unspecified atom stereocenters. The van der Waals surface area contributed by atoms with Gasteiger partial charge in [-0.15, -0.1) is 0 Å². The van der Waals surface area contributed by atoms with Crippen molar-refractivity contribution in [3.05, 3.63) is 124 Å². The molecule has 31 heavy (non-hydrogen) atoms. The van der Waals surface area contributed by atoms with Crippen molar-refractivity contribution < 1.29 is 9.72 Å². The van der Waals surface area contributed by atoms with Crippen LogP contribution in [0.15, 0.2) is 96.9 Å². The Balaban J connectivity index is 1.91. The van der Waals surface area contributed by atoms with Crippen molar-refractivity contribution in [2.75, 3.05) is 4.90 Å². The highest BCUT2D eigenvalue weighted by molar-refractivity contribution is 5.84. The Hall–Kier alpha value is -4.32. The average molecular weight is 409 g/mol. The van der Waals surface area contributed by atoms with E-state index < -0.39 is 11.0 Å². The highest BCUT2D eigenvalue weighted by atomic mass is 16.6. The zero-order chi connectivity index (χ0) is 21.8. The Morgan fingerprint density at radius 1 is 1.10 bits per heavy atom. The van der Waals surface area contributed by atoms with Crippen LogP contribution in [0.5, 0.6) is 0 Å². The molecule has 2 aromatic carbocycles. The molecule has 6 heteroatoms. The second-order valence-electron chi connectivity index (χ2n) is 6.95. The Kier molecular flexibility index (Phi) is 5.53. The summed E-state index contributed by atoms with van der Waals surface area (Å²) in [4.78, 5) is 29.3. The lowest BCUT2D eigenvalue weighted by atomic mass is 9.91. The summed E-state index contributed by atoms with van der Waals surface area (Å²) in [5, 5.41) is 11.2. The molecule has 1 aliphatic heterocycles. The zero-order valence-corrected chi connectivity index (χ0v) is 16.6. The fraction of sp³-hybridized carbons (Fsp3) is 0.0400. The molecule has 1 aliphatic rings. The van der Waals surface area contributed by atoms with E-state index in [9.17, 15) is 14.9 Å². The first-order valence-electron chi connectivity index (χ1n) is 9.67. The number of pyridine rings is 1. The van der Waals surface area contributed by atoms with E-state index in [1.54, 1.807) is 24.4 Å². The number of benzene rings is 2. The maximum absolute atomic E-state index is 12.2. The van der Waals surface area contributed by atoms with Crippen LogP contribution in [0.4, 0.5) is 11.5 Å². The van der Waals surface area contributed by atoms with Crippen LogP contribution in [0.25, 0.3) is 12.2 Å². The lowest BCUT2D eigenvalue weighted by molar-refractivity contribution is -0.384. The molecule has 4 rings (SSSR count). The minimum atomic E-state index is -0.570. The predicted molar refractivity (Wildman–Crippen MR) is 121 cm³/mol. The fourth-order valence-electron chi connectivity index (χ4n) is 3.68. The van der Waals surface area contributed by atoms with Gasteiger partial charge in [-0.1, -0.05) is 55.1 Å². The van der Waals surface area contributed by atoms with E-state index in [0.717, 1.165) is 23.1 Å². The Morgan fingerprint density at radius 3 is 2.61 bits per heavy atom. The van der Waals surface area contributed by atoms with Gasteiger partial charge in [0.05, 0.1) is 10.6 Å². The van der Waals surface area contributed by atoms with E-state index >= 15 is 0 Å². The van der Waals surface area contributed by atoms with Crippen LogP contribution in [0.1, 0.15) is 22.7 Å². The van der Waals surface area contributed by atoms with Crippen molar-refractivity contribution in [3.8, 4) is 0 Å². The summed E-state index contributed by atoms with van der Waals surface area (Å²) < 4.78 is 0. The molecule has 0 saturated carbocycles. The molecule has 0 saturated heterocycles. The molecule has 1 aromatic heterocycles. The van der Waals surface area contributed by atoms with Gasteiger partial charge in [-0.2, -0.15) is 0 Å². The topological polar surface area (TPSA) is 76.3 Å². The van der Waals surface area contributed by atoms with Gasteiger partial charge in [0.25, 0.3) is 5.69 Å². The lowest BCUT2D eigenvalue weighted by Gasteiger charge is -2.36. The monoisotopic (exact) mass is 409 g/mol.